The van der Waals surface area contributed by atoms with Crippen LogP contribution in [0.25, 0.3) is 0 Å². The molecule has 2 amide bonds. The van der Waals surface area contributed by atoms with Crippen molar-refractivity contribution >= 4 is 17.8 Å². The van der Waals surface area contributed by atoms with Crippen molar-refractivity contribution in [3.8, 4) is 0 Å². The number of amides is 2. The molecule has 0 unspecified atom stereocenters. The van der Waals surface area contributed by atoms with Gasteiger partial charge in [0.25, 0.3) is 0 Å². The minimum absolute atomic E-state index is 0.0565. The highest BCUT2D eigenvalue weighted by molar-refractivity contribution is 5.91. The SMILES string of the molecule is CC(C)NC(=O)O[C@H]1CC[C@@H](c2cc(NC(=O)Cc3ccccc3C(C)C)n[nH]2)C1. The average molecular weight is 413 g/mol. The van der Waals surface area contributed by atoms with Crippen LogP contribution in [0.2, 0.25) is 0 Å². The number of ether oxygens (including phenoxy) is 1. The quantitative estimate of drug-likeness (QED) is 0.624. The van der Waals surface area contributed by atoms with Crippen molar-refractivity contribution in [2.75, 3.05) is 5.32 Å². The second kappa shape index (κ2) is 9.78. The molecule has 2 aromatic rings. The molecule has 3 N–H and O–H groups in total. The highest BCUT2D eigenvalue weighted by Gasteiger charge is 2.30. The monoisotopic (exact) mass is 412 g/mol. The van der Waals surface area contributed by atoms with E-state index in [2.05, 4.69) is 40.7 Å². The number of carbonyl (C=O) groups excluding carboxylic acids is 2. The summed E-state index contributed by atoms with van der Waals surface area (Å²) in [6, 6.07) is 9.97. The number of H-pyrrole nitrogens is 1. The van der Waals surface area contributed by atoms with Gasteiger partial charge >= 0.3 is 6.09 Å². The van der Waals surface area contributed by atoms with Crippen LogP contribution in [0.4, 0.5) is 10.6 Å². The van der Waals surface area contributed by atoms with E-state index in [-0.39, 0.29) is 30.1 Å². The van der Waals surface area contributed by atoms with E-state index in [4.69, 9.17) is 4.74 Å². The van der Waals surface area contributed by atoms with E-state index in [1.54, 1.807) is 0 Å². The number of benzene rings is 1. The second-order valence-electron chi connectivity index (χ2n) is 8.62. The third-order valence-electron chi connectivity index (χ3n) is 5.40. The van der Waals surface area contributed by atoms with Crippen LogP contribution < -0.4 is 10.6 Å². The van der Waals surface area contributed by atoms with Gasteiger partial charge in [-0.1, -0.05) is 38.1 Å². The third-order valence-corrected chi connectivity index (χ3v) is 5.40. The lowest BCUT2D eigenvalue weighted by Crippen LogP contribution is -2.33. The molecular formula is C23H32N4O3. The van der Waals surface area contributed by atoms with Gasteiger partial charge in [0.15, 0.2) is 5.82 Å². The number of aromatic nitrogens is 2. The molecule has 3 rings (SSSR count). The molecule has 30 heavy (non-hydrogen) atoms. The van der Waals surface area contributed by atoms with Gasteiger partial charge in [0.05, 0.1) is 6.42 Å². The van der Waals surface area contributed by atoms with Crippen molar-refractivity contribution < 1.29 is 14.3 Å². The summed E-state index contributed by atoms with van der Waals surface area (Å²) >= 11 is 0. The van der Waals surface area contributed by atoms with Crippen LogP contribution in [0.15, 0.2) is 30.3 Å². The first kappa shape index (κ1) is 21.9. The number of nitrogens with zero attached hydrogens (tertiary/aromatic N) is 1. The van der Waals surface area contributed by atoms with Crippen molar-refractivity contribution in [1.82, 2.24) is 15.5 Å². The molecule has 1 aliphatic carbocycles. The largest absolute Gasteiger partial charge is 0.446 e. The van der Waals surface area contributed by atoms with E-state index in [9.17, 15) is 9.59 Å². The van der Waals surface area contributed by atoms with Crippen LogP contribution in [0.5, 0.6) is 0 Å². The summed E-state index contributed by atoms with van der Waals surface area (Å²) in [4.78, 5) is 24.3. The van der Waals surface area contributed by atoms with Crippen molar-refractivity contribution in [3.05, 3.63) is 47.2 Å². The molecule has 1 saturated carbocycles. The first-order valence-electron chi connectivity index (χ1n) is 10.7. The van der Waals surface area contributed by atoms with Gasteiger partial charge in [-0.05, 0) is 50.2 Å². The molecule has 0 radical (unpaired) electrons. The maximum atomic E-state index is 12.5. The number of aromatic amines is 1. The van der Waals surface area contributed by atoms with Crippen molar-refractivity contribution in [2.24, 2.45) is 0 Å². The zero-order valence-electron chi connectivity index (χ0n) is 18.2. The lowest BCUT2D eigenvalue weighted by atomic mass is 9.95. The summed E-state index contributed by atoms with van der Waals surface area (Å²) in [5.41, 5.74) is 3.19. The molecule has 0 saturated heterocycles. The van der Waals surface area contributed by atoms with Crippen LogP contribution in [-0.4, -0.2) is 34.3 Å². The maximum Gasteiger partial charge on any atom is 0.407 e. The number of hydrogen-bond donors (Lipinski definition) is 3. The van der Waals surface area contributed by atoms with Gasteiger partial charge in [0.2, 0.25) is 5.91 Å². The number of nitrogens with one attached hydrogen (secondary N) is 3. The van der Waals surface area contributed by atoms with Crippen LogP contribution in [-0.2, 0) is 16.0 Å². The maximum absolute atomic E-state index is 12.5. The lowest BCUT2D eigenvalue weighted by Gasteiger charge is -2.14. The Morgan fingerprint density at radius 1 is 1.20 bits per heavy atom. The lowest BCUT2D eigenvalue weighted by molar-refractivity contribution is -0.115. The minimum atomic E-state index is -0.366. The van der Waals surface area contributed by atoms with E-state index in [0.29, 0.717) is 18.2 Å². The number of alkyl carbamates (subject to hydrolysis) is 1. The number of rotatable bonds is 7. The molecule has 7 heteroatoms. The Morgan fingerprint density at radius 2 is 1.97 bits per heavy atom. The summed E-state index contributed by atoms with van der Waals surface area (Å²) in [6.07, 6.45) is 2.35. The fraction of sp³-hybridized carbons (Fsp3) is 0.522. The molecule has 162 valence electrons. The normalized spacial score (nSPS) is 18.6. The van der Waals surface area contributed by atoms with Gasteiger partial charge in [0, 0.05) is 23.7 Å². The average Bonchev–Trinajstić information content (AvgIpc) is 3.30. The van der Waals surface area contributed by atoms with E-state index in [0.717, 1.165) is 30.5 Å². The first-order valence-corrected chi connectivity index (χ1v) is 10.7. The van der Waals surface area contributed by atoms with E-state index in [1.165, 1.54) is 5.56 Å². The van der Waals surface area contributed by atoms with Crippen LogP contribution >= 0.6 is 0 Å². The Balaban J connectivity index is 1.53. The van der Waals surface area contributed by atoms with Gasteiger partial charge in [0.1, 0.15) is 6.10 Å². The van der Waals surface area contributed by atoms with Crippen LogP contribution in [0.3, 0.4) is 0 Å². The second-order valence-corrected chi connectivity index (χ2v) is 8.62. The summed E-state index contributed by atoms with van der Waals surface area (Å²) in [5.74, 6) is 1.05. The molecule has 1 heterocycles. The number of carbonyl (C=O) groups is 2. The van der Waals surface area contributed by atoms with E-state index < -0.39 is 0 Å². The minimum Gasteiger partial charge on any atom is -0.446 e. The molecule has 7 nitrogen and oxygen atoms in total. The molecule has 1 aromatic heterocycles. The molecule has 1 fully saturated rings. The predicted octanol–water partition coefficient (Wildman–Crippen LogP) is 4.49. The van der Waals surface area contributed by atoms with Crippen molar-refractivity contribution in [2.45, 2.75) is 77.4 Å². The topological polar surface area (TPSA) is 96.1 Å². The number of hydrogen-bond acceptors (Lipinski definition) is 4. The molecule has 0 spiro atoms. The fourth-order valence-corrected chi connectivity index (χ4v) is 3.98. The van der Waals surface area contributed by atoms with Gasteiger partial charge in [-0.15, -0.1) is 0 Å². The van der Waals surface area contributed by atoms with E-state index >= 15 is 0 Å². The van der Waals surface area contributed by atoms with Gasteiger partial charge in [-0.2, -0.15) is 5.10 Å². The summed E-state index contributed by atoms with van der Waals surface area (Å²) in [5, 5.41) is 12.9. The first-order chi connectivity index (χ1) is 14.3. The smallest absolute Gasteiger partial charge is 0.407 e. The van der Waals surface area contributed by atoms with Gasteiger partial charge in [-0.3, -0.25) is 9.89 Å². The Kier molecular flexibility index (Phi) is 7.13. The third kappa shape index (κ3) is 5.84. The molecule has 1 aliphatic rings. The Hall–Kier alpha value is -2.83. The van der Waals surface area contributed by atoms with Crippen LogP contribution in [0, 0.1) is 0 Å². The summed E-state index contributed by atoms with van der Waals surface area (Å²) in [6.45, 7) is 8.06. The van der Waals surface area contributed by atoms with Gasteiger partial charge < -0.3 is 15.4 Å². The van der Waals surface area contributed by atoms with Crippen molar-refractivity contribution in [3.63, 3.8) is 0 Å². The molecule has 2 atom stereocenters. The fourth-order valence-electron chi connectivity index (χ4n) is 3.98. The Labute approximate surface area is 178 Å². The van der Waals surface area contributed by atoms with Crippen molar-refractivity contribution in [1.29, 1.82) is 0 Å². The molecular weight excluding hydrogens is 380 g/mol. The Morgan fingerprint density at radius 3 is 2.70 bits per heavy atom. The zero-order valence-corrected chi connectivity index (χ0v) is 18.2. The predicted molar refractivity (Wildman–Crippen MR) is 117 cm³/mol. The Bertz CT molecular complexity index is 875. The number of anilines is 1. The van der Waals surface area contributed by atoms with E-state index in [1.807, 2.05) is 38.1 Å². The molecule has 1 aromatic carbocycles. The molecule has 0 aliphatic heterocycles. The summed E-state index contributed by atoms with van der Waals surface area (Å²) in [7, 11) is 0. The standard InChI is InChI=1S/C23H32N4O3/c1-14(2)19-8-6-5-7-16(19)12-22(28)25-21-13-20(26-27-21)17-9-10-18(11-17)30-23(29)24-15(3)4/h5-8,13-15,17-18H,9-12H2,1-4H3,(H,24,29)(H2,25,26,27,28)/t17-,18+/m1/s1. The molecule has 0 bridgehead atoms. The van der Waals surface area contributed by atoms with Gasteiger partial charge in [-0.25, -0.2) is 4.79 Å². The highest BCUT2D eigenvalue weighted by Crippen LogP contribution is 2.35. The van der Waals surface area contributed by atoms with Crippen LogP contribution in [0.1, 0.15) is 75.6 Å². The zero-order chi connectivity index (χ0) is 21.7. The summed E-state index contributed by atoms with van der Waals surface area (Å²) < 4.78 is 5.49. The highest BCUT2D eigenvalue weighted by atomic mass is 16.6.